The number of benzene rings is 3. The number of para-hydroxylation sites is 1. The molecule has 0 bridgehead atoms. The predicted molar refractivity (Wildman–Crippen MR) is 124 cm³/mol. The van der Waals surface area contributed by atoms with E-state index in [4.69, 9.17) is 16.3 Å². The summed E-state index contributed by atoms with van der Waals surface area (Å²) in [6.45, 7) is 1.33. The highest BCUT2D eigenvalue weighted by Gasteiger charge is 2.23. The fourth-order valence-electron chi connectivity index (χ4n) is 2.87. The lowest BCUT2D eigenvalue weighted by molar-refractivity contribution is -0.119. The fourth-order valence-corrected chi connectivity index (χ4v) is 4.28. The highest BCUT2D eigenvalue weighted by atomic mass is 35.5. The second kappa shape index (κ2) is 9.84. The summed E-state index contributed by atoms with van der Waals surface area (Å²) in [7, 11) is -2.56. The molecule has 0 heterocycles. The van der Waals surface area contributed by atoms with Crippen molar-refractivity contribution in [3.05, 3.63) is 88.9 Å². The Labute approximate surface area is 191 Å². The van der Waals surface area contributed by atoms with Gasteiger partial charge in [0.05, 0.1) is 16.1 Å². The lowest BCUT2D eigenvalue weighted by Crippen LogP contribution is -2.27. The highest BCUT2D eigenvalue weighted by Crippen LogP contribution is 2.25. The largest absolute Gasteiger partial charge is 0.452 e. The number of ether oxygens (including phenoxy) is 1. The normalized spacial score (nSPS) is 11.0. The molecule has 32 heavy (non-hydrogen) atoms. The Morgan fingerprint density at radius 3 is 2.44 bits per heavy atom. The minimum absolute atomic E-state index is 0.00857. The minimum Gasteiger partial charge on any atom is -0.452 e. The van der Waals surface area contributed by atoms with Crippen LogP contribution in [0.1, 0.15) is 15.9 Å². The predicted octanol–water partition coefficient (Wildman–Crippen LogP) is 4.27. The lowest BCUT2D eigenvalue weighted by atomic mass is 10.2. The zero-order chi connectivity index (χ0) is 23.3. The second-order valence-corrected chi connectivity index (χ2v) is 9.33. The maximum Gasteiger partial charge on any atom is 0.338 e. The Morgan fingerprint density at radius 2 is 1.72 bits per heavy atom. The van der Waals surface area contributed by atoms with E-state index in [1.807, 2.05) is 19.1 Å². The number of hydrogen-bond donors (Lipinski definition) is 1. The van der Waals surface area contributed by atoms with Crippen LogP contribution in [0.3, 0.4) is 0 Å². The Bertz CT molecular complexity index is 1260. The third kappa shape index (κ3) is 5.46. The Balaban J connectivity index is 1.70. The molecule has 3 aromatic rings. The number of aryl methyl sites for hydroxylation is 1. The number of nitrogens with one attached hydrogen (secondary N) is 1. The maximum atomic E-state index is 13.0. The summed E-state index contributed by atoms with van der Waals surface area (Å²) < 4.78 is 32.1. The van der Waals surface area contributed by atoms with Gasteiger partial charge in [-0.2, -0.15) is 0 Å². The molecule has 0 aliphatic carbocycles. The maximum absolute atomic E-state index is 13.0. The van der Waals surface area contributed by atoms with Crippen LogP contribution in [-0.2, 0) is 19.6 Å². The third-order valence-electron chi connectivity index (χ3n) is 4.65. The van der Waals surface area contributed by atoms with Gasteiger partial charge in [-0.15, -0.1) is 0 Å². The molecule has 0 aliphatic heterocycles. The SMILES string of the molecule is Cc1ccccc1NC(=O)COC(=O)c1cccc(S(=O)(=O)N(C)c2cccc(Cl)c2)c1. The molecule has 1 N–H and O–H groups in total. The molecule has 3 rings (SSSR count). The van der Waals surface area contributed by atoms with Gasteiger partial charge in [-0.1, -0.05) is 41.9 Å². The van der Waals surface area contributed by atoms with E-state index in [2.05, 4.69) is 5.32 Å². The average Bonchev–Trinajstić information content (AvgIpc) is 2.78. The molecule has 0 saturated heterocycles. The van der Waals surface area contributed by atoms with Crippen molar-refractivity contribution in [3.63, 3.8) is 0 Å². The molecule has 0 saturated carbocycles. The molecule has 0 aromatic heterocycles. The van der Waals surface area contributed by atoms with Gasteiger partial charge >= 0.3 is 5.97 Å². The van der Waals surface area contributed by atoms with E-state index in [1.54, 1.807) is 30.3 Å². The number of rotatable bonds is 7. The first-order chi connectivity index (χ1) is 15.2. The van der Waals surface area contributed by atoms with Gasteiger partial charge in [0.1, 0.15) is 0 Å². The quantitative estimate of drug-likeness (QED) is 0.518. The van der Waals surface area contributed by atoms with E-state index in [0.717, 1.165) is 9.87 Å². The van der Waals surface area contributed by atoms with Gasteiger partial charge in [-0.25, -0.2) is 13.2 Å². The van der Waals surface area contributed by atoms with Crippen molar-refractivity contribution in [1.29, 1.82) is 0 Å². The summed E-state index contributed by atoms with van der Waals surface area (Å²) in [5, 5.41) is 3.06. The van der Waals surface area contributed by atoms with E-state index in [1.165, 1.54) is 37.4 Å². The molecule has 3 aromatic carbocycles. The number of amides is 1. The van der Waals surface area contributed by atoms with Gasteiger partial charge < -0.3 is 10.1 Å². The number of nitrogens with zero attached hydrogens (tertiary/aromatic N) is 1. The topological polar surface area (TPSA) is 92.8 Å². The highest BCUT2D eigenvalue weighted by molar-refractivity contribution is 7.92. The Hall–Kier alpha value is -3.36. The van der Waals surface area contributed by atoms with Crippen LogP contribution in [-0.4, -0.2) is 33.9 Å². The summed E-state index contributed by atoms with van der Waals surface area (Å²) >= 11 is 5.96. The number of carbonyl (C=O) groups is 2. The van der Waals surface area contributed by atoms with E-state index >= 15 is 0 Å². The van der Waals surface area contributed by atoms with E-state index in [-0.39, 0.29) is 10.5 Å². The van der Waals surface area contributed by atoms with Crippen molar-refractivity contribution in [1.82, 2.24) is 0 Å². The van der Waals surface area contributed by atoms with Gasteiger partial charge in [0.2, 0.25) is 0 Å². The first-order valence-electron chi connectivity index (χ1n) is 9.55. The van der Waals surface area contributed by atoms with E-state index < -0.39 is 28.5 Å². The van der Waals surface area contributed by atoms with E-state index in [9.17, 15) is 18.0 Å². The van der Waals surface area contributed by atoms with Crippen LogP contribution >= 0.6 is 11.6 Å². The number of carbonyl (C=O) groups excluding carboxylic acids is 2. The molecule has 7 nitrogen and oxygen atoms in total. The van der Waals surface area contributed by atoms with Crippen LogP contribution in [0.4, 0.5) is 11.4 Å². The third-order valence-corrected chi connectivity index (χ3v) is 6.67. The molecule has 0 fully saturated rings. The van der Waals surface area contributed by atoms with Crippen molar-refractivity contribution < 1.29 is 22.7 Å². The van der Waals surface area contributed by atoms with Gasteiger partial charge in [0, 0.05) is 17.8 Å². The minimum atomic E-state index is -3.95. The Morgan fingerprint density at radius 1 is 1.00 bits per heavy atom. The number of anilines is 2. The molecule has 0 spiro atoms. The average molecular weight is 473 g/mol. The first kappa shape index (κ1) is 23.3. The molecule has 1 amide bonds. The summed E-state index contributed by atoms with van der Waals surface area (Å²) in [6.07, 6.45) is 0. The van der Waals surface area contributed by atoms with Gasteiger partial charge in [-0.3, -0.25) is 9.10 Å². The van der Waals surface area contributed by atoms with Crippen molar-refractivity contribution in [3.8, 4) is 0 Å². The molecular weight excluding hydrogens is 452 g/mol. The van der Waals surface area contributed by atoms with Gasteiger partial charge in [0.15, 0.2) is 6.61 Å². The van der Waals surface area contributed by atoms with Crippen LogP contribution in [0.5, 0.6) is 0 Å². The number of esters is 1. The number of halogens is 1. The fraction of sp³-hybridized carbons (Fsp3) is 0.130. The molecule has 9 heteroatoms. The second-order valence-electron chi connectivity index (χ2n) is 6.92. The molecule has 166 valence electrons. The van der Waals surface area contributed by atoms with Crippen molar-refractivity contribution in [2.45, 2.75) is 11.8 Å². The van der Waals surface area contributed by atoms with Gasteiger partial charge in [-0.05, 0) is 55.0 Å². The number of hydrogen-bond acceptors (Lipinski definition) is 5. The summed E-state index contributed by atoms with van der Waals surface area (Å²) in [5.41, 5.74) is 1.87. The summed E-state index contributed by atoms with van der Waals surface area (Å²) in [6, 6.07) is 19.0. The smallest absolute Gasteiger partial charge is 0.338 e. The molecular formula is C23H21ClN2O5S. The van der Waals surface area contributed by atoms with Crippen LogP contribution < -0.4 is 9.62 Å². The lowest BCUT2D eigenvalue weighted by Gasteiger charge is -2.20. The molecule has 0 atom stereocenters. The Kier molecular flexibility index (Phi) is 7.17. The van der Waals surface area contributed by atoms with Crippen LogP contribution in [0.25, 0.3) is 0 Å². The van der Waals surface area contributed by atoms with Crippen molar-refractivity contribution in [2.24, 2.45) is 0 Å². The summed E-state index contributed by atoms with van der Waals surface area (Å²) in [4.78, 5) is 24.4. The monoisotopic (exact) mass is 472 g/mol. The molecule has 0 aliphatic rings. The van der Waals surface area contributed by atoms with Crippen LogP contribution in [0, 0.1) is 6.92 Å². The zero-order valence-corrected chi connectivity index (χ0v) is 19.0. The van der Waals surface area contributed by atoms with Crippen molar-refractivity contribution >= 4 is 44.9 Å². The van der Waals surface area contributed by atoms with E-state index in [0.29, 0.717) is 16.4 Å². The summed E-state index contributed by atoms with van der Waals surface area (Å²) in [5.74, 6) is -1.32. The van der Waals surface area contributed by atoms with Crippen molar-refractivity contribution in [2.75, 3.05) is 23.3 Å². The molecule has 0 radical (unpaired) electrons. The van der Waals surface area contributed by atoms with Crippen LogP contribution in [0.15, 0.2) is 77.7 Å². The zero-order valence-electron chi connectivity index (χ0n) is 17.4. The first-order valence-corrected chi connectivity index (χ1v) is 11.4. The number of sulfonamides is 1. The van der Waals surface area contributed by atoms with Crippen LogP contribution in [0.2, 0.25) is 5.02 Å². The van der Waals surface area contributed by atoms with Gasteiger partial charge in [0.25, 0.3) is 15.9 Å². The standard InChI is InChI=1S/C23H21ClN2O5S/c1-16-7-3-4-12-21(16)25-22(27)15-31-23(28)17-8-5-11-20(13-17)32(29,30)26(2)19-10-6-9-18(24)14-19/h3-14H,15H2,1-2H3,(H,25,27). The molecule has 0 unspecified atom stereocenters.